The van der Waals surface area contributed by atoms with Crippen LogP contribution in [0.15, 0.2) is 42.7 Å². The normalized spacial score (nSPS) is 20.3. The number of nitrogens with one attached hydrogen (secondary N) is 2. The van der Waals surface area contributed by atoms with E-state index in [0.717, 1.165) is 49.4 Å². The van der Waals surface area contributed by atoms with Gasteiger partial charge in [0, 0.05) is 43.7 Å². The van der Waals surface area contributed by atoms with Crippen molar-refractivity contribution >= 4 is 11.8 Å². The van der Waals surface area contributed by atoms with Crippen molar-refractivity contribution in [1.82, 2.24) is 40.1 Å². The molecule has 228 valence electrons. The molecule has 4 atom stereocenters. The molecule has 2 N–H and O–H groups in total. The molecule has 0 saturated carbocycles. The maximum atomic E-state index is 13.2. The molecule has 4 heterocycles. The Labute approximate surface area is 254 Å². The van der Waals surface area contributed by atoms with Crippen molar-refractivity contribution in [3.8, 4) is 12.3 Å². The largest absolute Gasteiger partial charge is 0.352 e. The number of amides is 2. The van der Waals surface area contributed by atoms with Crippen molar-refractivity contribution in [1.29, 1.82) is 0 Å². The number of terminal acetylenes is 1. The third kappa shape index (κ3) is 7.16. The van der Waals surface area contributed by atoms with Gasteiger partial charge in [0.05, 0.1) is 23.8 Å². The monoisotopic (exact) mass is 584 g/mol. The minimum Gasteiger partial charge on any atom is -0.352 e. The fraction of sp³-hybridized carbons (Fsp3) is 0.545. The quantitative estimate of drug-likeness (QED) is 0.218. The van der Waals surface area contributed by atoms with Crippen LogP contribution in [-0.4, -0.2) is 66.4 Å². The zero-order valence-corrected chi connectivity index (χ0v) is 25.6. The zero-order valence-electron chi connectivity index (χ0n) is 25.6. The first-order valence-electron chi connectivity index (χ1n) is 15.6. The predicted octanol–water partition coefficient (Wildman–Crippen LogP) is 4.17. The van der Waals surface area contributed by atoms with Crippen LogP contribution in [0.3, 0.4) is 0 Å². The van der Waals surface area contributed by atoms with Gasteiger partial charge >= 0.3 is 0 Å². The summed E-state index contributed by atoms with van der Waals surface area (Å²) < 4.78 is 3.90. The fourth-order valence-electron chi connectivity index (χ4n) is 6.78. The molecule has 3 aromatic rings. The van der Waals surface area contributed by atoms with Gasteiger partial charge in [-0.2, -0.15) is 5.10 Å². The van der Waals surface area contributed by atoms with Crippen molar-refractivity contribution in [3.63, 3.8) is 0 Å². The molecule has 0 spiro atoms. The number of hydrogen-bond acceptors (Lipinski definition) is 6. The van der Waals surface area contributed by atoms with Crippen LogP contribution in [0, 0.1) is 19.3 Å². The third-order valence-electron chi connectivity index (χ3n) is 8.84. The number of carbonyl (C=O) groups excluding carboxylic acids is 2. The number of aromatic nitrogens is 5. The minimum atomic E-state index is -0.199. The van der Waals surface area contributed by atoms with E-state index in [0.29, 0.717) is 42.6 Å². The molecule has 1 aromatic carbocycles. The number of carbonyl (C=O) groups is 2. The molecule has 0 radical (unpaired) electrons. The average Bonchev–Trinajstić information content (AvgIpc) is 3.79. The first kappa shape index (κ1) is 30.5. The van der Waals surface area contributed by atoms with Crippen LogP contribution in [0.4, 0.5) is 0 Å². The smallest absolute Gasteiger partial charge is 0.254 e. The molecule has 2 amide bonds. The summed E-state index contributed by atoms with van der Waals surface area (Å²) in [7, 11) is 0. The minimum absolute atomic E-state index is 0.0424. The molecule has 2 aromatic heterocycles. The van der Waals surface area contributed by atoms with Crippen LogP contribution in [0.25, 0.3) is 0 Å². The molecular formula is C33H44N8O2. The lowest BCUT2D eigenvalue weighted by molar-refractivity contribution is -0.122. The van der Waals surface area contributed by atoms with Crippen molar-refractivity contribution in [3.05, 3.63) is 65.5 Å². The Kier molecular flexibility index (Phi) is 9.93. The molecular weight excluding hydrogens is 540 g/mol. The molecule has 2 saturated heterocycles. The number of rotatable bonds is 14. The molecule has 5 rings (SSSR count). The van der Waals surface area contributed by atoms with E-state index in [-0.39, 0.29) is 24.4 Å². The summed E-state index contributed by atoms with van der Waals surface area (Å²) in [6.45, 7) is 7.93. The SMILES string of the molecule is C#CCCCCNC(=O)c1cnn(CC(=O)N[C@@H](CCN2C3CCC2C(n2c(C)nnc2C(C)C)C3)c2ccccc2)c1. The fourth-order valence-corrected chi connectivity index (χ4v) is 6.78. The highest BCUT2D eigenvalue weighted by Gasteiger charge is 2.47. The molecule has 2 fully saturated rings. The summed E-state index contributed by atoms with van der Waals surface area (Å²) in [6, 6.07) is 11.4. The van der Waals surface area contributed by atoms with E-state index < -0.39 is 0 Å². The first-order valence-corrected chi connectivity index (χ1v) is 15.6. The van der Waals surface area contributed by atoms with Crippen molar-refractivity contribution in [2.24, 2.45) is 0 Å². The van der Waals surface area contributed by atoms with Crippen molar-refractivity contribution in [2.75, 3.05) is 13.1 Å². The second-order valence-corrected chi connectivity index (χ2v) is 12.1. The Hall–Kier alpha value is -3.97. The number of unbranched alkanes of at least 4 members (excludes halogenated alkanes) is 2. The van der Waals surface area contributed by atoms with Crippen LogP contribution in [0.5, 0.6) is 0 Å². The summed E-state index contributed by atoms with van der Waals surface area (Å²) >= 11 is 0. The van der Waals surface area contributed by atoms with Crippen molar-refractivity contribution in [2.45, 2.75) is 102 Å². The van der Waals surface area contributed by atoms with E-state index >= 15 is 0 Å². The number of hydrogen-bond donors (Lipinski definition) is 2. The lowest BCUT2D eigenvalue weighted by atomic mass is 9.94. The van der Waals surface area contributed by atoms with Crippen LogP contribution in [-0.2, 0) is 11.3 Å². The Bertz CT molecular complexity index is 1420. The number of benzene rings is 1. The van der Waals surface area contributed by atoms with Gasteiger partial charge in [-0.15, -0.1) is 22.5 Å². The Balaban J connectivity index is 1.19. The van der Waals surface area contributed by atoms with E-state index in [1.165, 1.54) is 23.7 Å². The number of aryl methyl sites for hydroxylation is 1. The highest BCUT2D eigenvalue weighted by atomic mass is 16.2. The third-order valence-corrected chi connectivity index (χ3v) is 8.84. The van der Waals surface area contributed by atoms with Crippen LogP contribution in [0.1, 0.15) is 104 Å². The molecule has 0 aliphatic carbocycles. The van der Waals surface area contributed by atoms with Gasteiger partial charge in [-0.1, -0.05) is 44.2 Å². The molecule has 10 nitrogen and oxygen atoms in total. The molecule has 2 aliphatic rings. The summed E-state index contributed by atoms with van der Waals surface area (Å²) in [6.07, 6.45) is 15.1. The number of nitrogens with zero attached hydrogens (tertiary/aromatic N) is 6. The van der Waals surface area contributed by atoms with Crippen LogP contribution >= 0.6 is 0 Å². The second kappa shape index (κ2) is 14.0. The zero-order chi connectivity index (χ0) is 30.3. The molecule has 2 aliphatic heterocycles. The van der Waals surface area contributed by atoms with E-state index in [1.54, 1.807) is 6.20 Å². The van der Waals surface area contributed by atoms with Gasteiger partial charge in [-0.25, -0.2) is 0 Å². The van der Waals surface area contributed by atoms with Gasteiger partial charge < -0.3 is 15.2 Å². The van der Waals surface area contributed by atoms with Gasteiger partial charge in [0.25, 0.3) is 5.91 Å². The van der Waals surface area contributed by atoms with Gasteiger partial charge in [0.15, 0.2) is 0 Å². The topological polar surface area (TPSA) is 110 Å². The molecule has 10 heteroatoms. The van der Waals surface area contributed by atoms with Crippen LogP contribution < -0.4 is 10.6 Å². The van der Waals surface area contributed by atoms with Crippen LogP contribution in [0.2, 0.25) is 0 Å². The highest BCUT2D eigenvalue weighted by Crippen LogP contribution is 2.45. The van der Waals surface area contributed by atoms with Crippen molar-refractivity contribution < 1.29 is 9.59 Å². The molecule has 43 heavy (non-hydrogen) atoms. The average molecular weight is 585 g/mol. The number of fused-ring (bicyclic) bond motifs is 2. The Morgan fingerprint density at radius 2 is 1.93 bits per heavy atom. The second-order valence-electron chi connectivity index (χ2n) is 12.1. The summed E-state index contributed by atoms with van der Waals surface area (Å²) in [5.41, 5.74) is 1.52. The standard InChI is InChI=1S/C33H44N8O2/c1-5-6-7-11-17-34-33(43)26-20-35-39(21-26)22-31(42)36-28(25-12-9-8-10-13-25)16-18-40-27-14-15-29(40)30(19-27)41-24(4)37-38-32(41)23(2)3/h1,8-10,12-13,20-21,23,27-30H,6-7,11,14-19,22H2,2-4H3,(H,34,43)(H,36,42)/t27?,28-,29?,30?/m0/s1. The lowest BCUT2D eigenvalue weighted by Gasteiger charge is -2.28. The summed E-state index contributed by atoms with van der Waals surface area (Å²) in [5.74, 6) is 4.67. The van der Waals surface area contributed by atoms with Gasteiger partial charge in [0.1, 0.15) is 18.2 Å². The summed E-state index contributed by atoms with van der Waals surface area (Å²) in [4.78, 5) is 28.3. The Morgan fingerprint density at radius 1 is 1.12 bits per heavy atom. The molecule has 2 bridgehead atoms. The maximum Gasteiger partial charge on any atom is 0.254 e. The predicted molar refractivity (Wildman–Crippen MR) is 165 cm³/mol. The first-order chi connectivity index (χ1) is 20.9. The van der Waals surface area contributed by atoms with E-state index in [2.05, 4.69) is 74.2 Å². The van der Waals surface area contributed by atoms with Gasteiger partial charge in [-0.3, -0.25) is 19.2 Å². The Morgan fingerprint density at radius 3 is 2.70 bits per heavy atom. The summed E-state index contributed by atoms with van der Waals surface area (Å²) in [5, 5.41) is 19.3. The van der Waals surface area contributed by atoms with E-state index in [4.69, 9.17) is 6.42 Å². The van der Waals surface area contributed by atoms with E-state index in [1.807, 2.05) is 18.2 Å². The lowest BCUT2D eigenvalue weighted by Crippen LogP contribution is -2.37. The van der Waals surface area contributed by atoms with Gasteiger partial charge in [0.2, 0.25) is 5.91 Å². The highest BCUT2D eigenvalue weighted by molar-refractivity contribution is 5.93. The molecule has 3 unspecified atom stereocenters. The maximum absolute atomic E-state index is 13.2. The van der Waals surface area contributed by atoms with Gasteiger partial charge in [-0.05, 0) is 51.0 Å². The van der Waals surface area contributed by atoms with E-state index in [9.17, 15) is 9.59 Å².